The first-order valence-electron chi connectivity index (χ1n) is 10.8. The SMILES string of the molecule is C[C@@H](O)[C@H]1C(=O)N2C(C(=O)OC(=O)c3ccc([N+](=O)[O-])cc3)=C(CN3CC(C(N)=O)C3)[C@H](C)[C@H]12. The summed E-state index contributed by atoms with van der Waals surface area (Å²) in [6.07, 6.45) is -0.919. The van der Waals surface area contributed by atoms with Crippen LogP contribution in [0.4, 0.5) is 5.69 Å². The number of ether oxygens (including phenoxy) is 1. The molecule has 180 valence electrons. The van der Waals surface area contributed by atoms with E-state index in [0.717, 1.165) is 12.1 Å². The standard InChI is InChI=1S/C22H24N4O8/c1-10-15(9-24-7-13(8-24)19(23)28)18(25-17(10)16(11(2)27)20(25)29)22(31)34-21(30)12-3-5-14(6-4-12)26(32)33/h3-6,10-11,13,16-17,27H,7-9H2,1-2H3,(H2,23,28)/t10-,11+,16+,17+/m0/s1. The second-order valence-electron chi connectivity index (χ2n) is 8.90. The Hall–Kier alpha value is -3.64. The van der Waals surface area contributed by atoms with Crippen LogP contribution >= 0.6 is 0 Å². The third-order valence-electron chi connectivity index (χ3n) is 6.76. The smallest absolute Gasteiger partial charge is 0.362 e. The Morgan fingerprint density at radius 3 is 2.38 bits per heavy atom. The van der Waals surface area contributed by atoms with E-state index < -0.39 is 46.7 Å². The Morgan fingerprint density at radius 1 is 1.24 bits per heavy atom. The van der Waals surface area contributed by atoms with Gasteiger partial charge in [0.05, 0.1) is 34.5 Å². The number of nitrogens with zero attached hydrogens (tertiary/aromatic N) is 3. The zero-order valence-corrected chi connectivity index (χ0v) is 18.5. The highest BCUT2D eigenvalue weighted by Crippen LogP contribution is 2.47. The number of β-lactam (4-membered cyclic amide) rings is 1. The Morgan fingerprint density at radius 2 is 1.85 bits per heavy atom. The van der Waals surface area contributed by atoms with E-state index in [1.165, 1.54) is 24.0 Å². The minimum Gasteiger partial charge on any atom is -0.393 e. The molecule has 2 amide bonds. The van der Waals surface area contributed by atoms with Crippen LogP contribution in [0, 0.1) is 27.9 Å². The van der Waals surface area contributed by atoms with Crippen LogP contribution in [0.15, 0.2) is 35.5 Å². The van der Waals surface area contributed by atoms with Gasteiger partial charge in [0, 0.05) is 37.7 Å². The zero-order valence-electron chi connectivity index (χ0n) is 18.5. The van der Waals surface area contributed by atoms with Crippen molar-refractivity contribution in [2.75, 3.05) is 19.6 Å². The van der Waals surface area contributed by atoms with Crippen molar-refractivity contribution in [3.8, 4) is 0 Å². The maximum Gasteiger partial charge on any atom is 0.362 e. The Kier molecular flexibility index (Phi) is 5.96. The number of hydrogen-bond acceptors (Lipinski definition) is 9. The molecule has 2 fully saturated rings. The van der Waals surface area contributed by atoms with Crippen LogP contribution in [0.1, 0.15) is 24.2 Å². The summed E-state index contributed by atoms with van der Waals surface area (Å²) in [6.45, 7) is 4.43. The normalized spacial score (nSPS) is 25.3. The number of likely N-dealkylation sites (tertiary alicyclic amines) is 1. The second kappa shape index (κ2) is 8.61. The van der Waals surface area contributed by atoms with Crippen LogP contribution in [0.2, 0.25) is 0 Å². The number of nitrogens with two attached hydrogens (primary N) is 1. The van der Waals surface area contributed by atoms with E-state index in [2.05, 4.69) is 0 Å². The van der Waals surface area contributed by atoms with Gasteiger partial charge in [0.25, 0.3) is 5.69 Å². The molecule has 0 bridgehead atoms. The van der Waals surface area contributed by atoms with Crippen molar-refractivity contribution in [1.82, 2.24) is 9.80 Å². The molecule has 12 heteroatoms. The number of hydrogen-bond donors (Lipinski definition) is 2. The maximum absolute atomic E-state index is 13.1. The fourth-order valence-electron chi connectivity index (χ4n) is 4.87. The van der Waals surface area contributed by atoms with Crippen molar-refractivity contribution < 1.29 is 33.9 Å². The average molecular weight is 472 g/mol. The van der Waals surface area contributed by atoms with Gasteiger partial charge in [-0.2, -0.15) is 0 Å². The summed E-state index contributed by atoms with van der Waals surface area (Å²) < 4.78 is 5.03. The molecule has 0 radical (unpaired) electrons. The minimum atomic E-state index is -1.02. The van der Waals surface area contributed by atoms with Crippen molar-refractivity contribution in [1.29, 1.82) is 0 Å². The summed E-state index contributed by atoms with van der Waals surface area (Å²) in [4.78, 5) is 63.0. The molecule has 4 rings (SSSR count). The van der Waals surface area contributed by atoms with Crippen LogP contribution in [0.25, 0.3) is 0 Å². The van der Waals surface area contributed by atoms with E-state index >= 15 is 0 Å². The number of carbonyl (C=O) groups excluding carboxylic acids is 4. The van der Waals surface area contributed by atoms with Gasteiger partial charge in [0.2, 0.25) is 11.8 Å². The van der Waals surface area contributed by atoms with Gasteiger partial charge in [-0.3, -0.25) is 24.6 Å². The molecule has 0 aliphatic carbocycles. The van der Waals surface area contributed by atoms with E-state index in [4.69, 9.17) is 10.5 Å². The number of primary amides is 1. The molecule has 0 saturated carbocycles. The highest BCUT2D eigenvalue weighted by molar-refractivity contribution is 6.06. The molecule has 3 heterocycles. The highest BCUT2D eigenvalue weighted by atomic mass is 16.6. The average Bonchev–Trinajstić information content (AvgIpc) is 2.97. The van der Waals surface area contributed by atoms with Crippen LogP contribution in [-0.4, -0.2) is 75.4 Å². The third kappa shape index (κ3) is 3.84. The van der Waals surface area contributed by atoms with Crippen LogP contribution < -0.4 is 5.73 Å². The molecule has 1 aromatic carbocycles. The number of nitro benzene ring substituents is 1. The van der Waals surface area contributed by atoms with E-state index in [1.54, 1.807) is 0 Å². The monoisotopic (exact) mass is 472 g/mol. The number of carbonyl (C=O) groups is 4. The molecule has 3 aliphatic rings. The molecule has 1 aromatic rings. The zero-order chi connectivity index (χ0) is 24.9. The summed E-state index contributed by atoms with van der Waals surface area (Å²) in [5, 5.41) is 20.9. The van der Waals surface area contributed by atoms with Crippen LogP contribution in [0.3, 0.4) is 0 Å². The van der Waals surface area contributed by atoms with Crippen LogP contribution in [0.5, 0.6) is 0 Å². The first kappa shape index (κ1) is 23.5. The summed E-state index contributed by atoms with van der Waals surface area (Å²) in [7, 11) is 0. The van der Waals surface area contributed by atoms with Gasteiger partial charge in [-0.05, 0) is 24.6 Å². The summed E-state index contributed by atoms with van der Waals surface area (Å²) >= 11 is 0. The molecule has 3 N–H and O–H groups in total. The highest BCUT2D eigenvalue weighted by Gasteiger charge is 2.60. The number of benzene rings is 1. The molecule has 0 spiro atoms. The van der Waals surface area contributed by atoms with Crippen molar-refractivity contribution in [2.45, 2.75) is 26.0 Å². The van der Waals surface area contributed by atoms with Gasteiger partial charge in [-0.15, -0.1) is 0 Å². The fourth-order valence-corrected chi connectivity index (χ4v) is 4.87. The van der Waals surface area contributed by atoms with E-state index in [0.29, 0.717) is 18.7 Å². The lowest BCUT2D eigenvalue weighted by molar-refractivity contribution is -0.384. The van der Waals surface area contributed by atoms with E-state index in [-0.39, 0.29) is 35.3 Å². The van der Waals surface area contributed by atoms with Gasteiger partial charge in [0.15, 0.2) is 0 Å². The number of amides is 2. The first-order chi connectivity index (χ1) is 16.0. The molecule has 0 unspecified atom stereocenters. The Labute approximate surface area is 194 Å². The largest absolute Gasteiger partial charge is 0.393 e. The molecule has 3 aliphatic heterocycles. The van der Waals surface area contributed by atoms with Gasteiger partial charge >= 0.3 is 11.9 Å². The van der Waals surface area contributed by atoms with Gasteiger partial charge < -0.3 is 20.5 Å². The number of nitro groups is 1. The van der Waals surface area contributed by atoms with Crippen molar-refractivity contribution in [3.05, 3.63) is 51.2 Å². The fraction of sp³-hybridized carbons (Fsp3) is 0.455. The van der Waals surface area contributed by atoms with Crippen molar-refractivity contribution in [2.24, 2.45) is 23.5 Å². The molecule has 2 saturated heterocycles. The van der Waals surface area contributed by atoms with Gasteiger partial charge in [0.1, 0.15) is 5.70 Å². The molecular formula is C22H24N4O8. The first-order valence-corrected chi connectivity index (χ1v) is 10.8. The van der Waals surface area contributed by atoms with Crippen molar-refractivity contribution in [3.63, 3.8) is 0 Å². The summed E-state index contributed by atoms with van der Waals surface area (Å²) in [5.74, 6) is -4.14. The number of aliphatic hydroxyl groups excluding tert-OH is 1. The lowest BCUT2D eigenvalue weighted by atomic mass is 9.77. The number of aliphatic hydroxyl groups is 1. The molecule has 4 atom stereocenters. The maximum atomic E-state index is 13.1. The lowest BCUT2D eigenvalue weighted by Crippen LogP contribution is -2.63. The molecule has 34 heavy (non-hydrogen) atoms. The Bertz CT molecular complexity index is 1110. The minimum absolute atomic E-state index is 0.0443. The molecular weight excluding hydrogens is 448 g/mol. The lowest BCUT2D eigenvalue weighted by Gasteiger charge is -2.46. The molecule has 0 aromatic heterocycles. The van der Waals surface area contributed by atoms with E-state index in [1.807, 2.05) is 11.8 Å². The predicted molar refractivity (Wildman–Crippen MR) is 115 cm³/mol. The van der Waals surface area contributed by atoms with Crippen molar-refractivity contribution >= 4 is 29.4 Å². The number of fused-ring (bicyclic) bond motifs is 1. The summed E-state index contributed by atoms with van der Waals surface area (Å²) in [5.41, 5.74) is 5.57. The number of non-ortho nitro benzene ring substituents is 1. The number of esters is 2. The molecule has 12 nitrogen and oxygen atoms in total. The Balaban J connectivity index is 1.57. The topological polar surface area (TPSA) is 173 Å². The van der Waals surface area contributed by atoms with Crippen LogP contribution in [-0.2, 0) is 19.1 Å². The second-order valence-corrected chi connectivity index (χ2v) is 8.90. The van der Waals surface area contributed by atoms with Gasteiger partial charge in [-0.1, -0.05) is 6.92 Å². The quantitative estimate of drug-likeness (QED) is 0.179. The van der Waals surface area contributed by atoms with Gasteiger partial charge in [-0.25, -0.2) is 9.59 Å². The predicted octanol–water partition coefficient (Wildman–Crippen LogP) is -0.193. The van der Waals surface area contributed by atoms with E-state index in [9.17, 15) is 34.4 Å². The third-order valence-corrected chi connectivity index (χ3v) is 6.76. The summed E-state index contributed by atoms with van der Waals surface area (Å²) in [6, 6.07) is 4.12. The number of rotatable bonds is 7.